The summed E-state index contributed by atoms with van der Waals surface area (Å²) in [6, 6.07) is 26.7. The zero-order valence-electron chi connectivity index (χ0n) is 16.9. The monoisotopic (exact) mass is 403 g/mol. The maximum Gasteiger partial charge on any atom is 0.306 e. The predicted molar refractivity (Wildman–Crippen MR) is 117 cm³/mol. The van der Waals surface area contributed by atoms with Gasteiger partial charge in [0.15, 0.2) is 6.10 Å². The molecule has 3 aromatic rings. The number of amides is 1. The standard InChI is InChI=1S/C25H25NO4/c1-19(30-24(27)17-10-18-29-21-13-6-3-7-14-21)25(28)26-23-16-9-8-15-22(23)20-11-4-2-5-12-20/h2-9,11-16,19H,10,17-18H2,1H3,(H,26,28)/t19-/m1/s1. The summed E-state index contributed by atoms with van der Waals surface area (Å²) in [5.74, 6) is -0.0337. The highest BCUT2D eigenvalue weighted by Crippen LogP contribution is 2.27. The van der Waals surface area contributed by atoms with Crippen LogP contribution in [0.2, 0.25) is 0 Å². The number of benzene rings is 3. The van der Waals surface area contributed by atoms with Crippen molar-refractivity contribution in [2.24, 2.45) is 0 Å². The van der Waals surface area contributed by atoms with Crippen molar-refractivity contribution in [2.75, 3.05) is 11.9 Å². The topological polar surface area (TPSA) is 64.6 Å². The van der Waals surface area contributed by atoms with Crippen molar-refractivity contribution in [3.05, 3.63) is 84.9 Å². The summed E-state index contributed by atoms with van der Waals surface area (Å²) in [5.41, 5.74) is 2.58. The van der Waals surface area contributed by atoms with E-state index in [0.717, 1.165) is 16.9 Å². The Morgan fingerprint density at radius 1 is 0.867 bits per heavy atom. The van der Waals surface area contributed by atoms with E-state index in [2.05, 4.69) is 5.32 Å². The van der Waals surface area contributed by atoms with Gasteiger partial charge in [-0.1, -0.05) is 66.7 Å². The molecule has 0 heterocycles. The van der Waals surface area contributed by atoms with Crippen LogP contribution in [0.25, 0.3) is 11.1 Å². The molecule has 0 saturated carbocycles. The summed E-state index contributed by atoms with van der Waals surface area (Å²) in [6.07, 6.45) is -0.194. The largest absolute Gasteiger partial charge is 0.494 e. The van der Waals surface area contributed by atoms with Gasteiger partial charge < -0.3 is 14.8 Å². The van der Waals surface area contributed by atoms with E-state index >= 15 is 0 Å². The molecule has 1 atom stereocenters. The van der Waals surface area contributed by atoms with Gasteiger partial charge in [-0.15, -0.1) is 0 Å². The van der Waals surface area contributed by atoms with E-state index in [1.807, 2.05) is 84.9 Å². The lowest BCUT2D eigenvalue weighted by Gasteiger charge is -2.16. The van der Waals surface area contributed by atoms with Gasteiger partial charge in [-0.3, -0.25) is 9.59 Å². The number of nitrogens with one attached hydrogen (secondary N) is 1. The van der Waals surface area contributed by atoms with E-state index in [9.17, 15) is 9.59 Å². The Hall–Kier alpha value is -3.60. The molecule has 0 unspecified atom stereocenters. The normalized spacial score (nSPS) is 11.4. The first-order chi connectivity index (χ1) is 14.6. The zero-order valence-corrected chi connectivity index (χ0v) is 16.9. The number of ether oxygens (including phenoxy) is 2. The Morgan fingerprint density at radius 2 is 1.50 bits per heavy atom. The molecule has 1 amide bonds. The third kappa shape index (κ3) is 6.21. The molecule has 0 saturated heterocycles. The lowest BCUT2D eigenvalue weighted by Crippen LogP contribution is -2.30. The molecule has 0 aromatic heterocycles. The molecule has 0 aliphatic rings. The highest BCUT2D eigenvalue weighted by atomic mass is 16.5. The predicted octanol–water partition coefficient (Wildman–Crippen LogP) is 5.08. The van der Waals surface area contributed by atoms with E-state index in [1.54, 1.807) is 6.92 Å². The van der Waals surface area contributed by atoms with Crippen molar-refractivity contribution in [3.63, 3.8) is 0 Å². The first-order valence-corrected chi connectivity index (χ1v) is 9.96. The first kappa shape index (κ1) is 21.1. The Labute approximate surface area is 176 Å². The third-order valence-electron chi connectivity index (χ3n) is 4.48. The molecule has 0 fully saturated rings. The van der Waals surface area contributed by atoms with E-state index in [0.29, 0.717) is 18.7 Å². The van der Waals surface area contributed by atoms with Crippen LogP contribution in [0, 0.1) is 0 Å². The molecule has 154 valence electrons. The molecule has 0 spiro atoms. The molecule has 5 nitrogen and oxygen atoms in total. The fourth-order valence-corrected chi connectivity index (χ4v) is 2.93. The Bertz CT molecular complexity index is 957. The molecule has 3 aromatic carbocycles. The van der Waals surface area contributed by atoms with Gasteiger partial charge in [-0.2, -0.15) is 0 Å². The Kier molecular flexibility index (Phi) is 7.61. The number of carbonyl (C=O) groups is 2. The second kappa shape index (κ2) is 10.8. The highest BCUT2D eigenvalue weighted by Gasteiger charge is 2.19. The Morgan fingerprint density at radius 3 is 2.23 bits per heavy atom. The van der Waals surface area contributed by atoms with Crippen molar-refractivity contribution in [1.29, 1.82) is 0 Å². The maximum atomic E-state index is 12.5. The molecular weight excluding hydrogens is 378 g/mol. The van der Waals surface area contributed by atoms with Crippen LogP contribution in [0.4, 0.5) is 5.69 Å². The second-order valence-electron chi connectivity index (χ2n) is 6.80. The maximum absolute atomic E-state index is 12.5. The van der Waals surface area contributed by atoms with Gasteiger partial charge in [0.05, 0.1) is 6.61 Å². The van der Waals surface area contributed by atoms with Crippen molar-refractivity contribution in [3.8, 4) is 16.9 Å². The highest BCUT2D eigenvalue weighted by molar-refractivity contribution is 5.98. The number of carbonyl (C=O) groups excluding carboxylic acids is 2. The fourth-order valence-electron chi connectivity index (χ4n) is 2.93. The van der Waals surface area contributed by atoms with Crippen LogP contribution in [0.1, 0.15) is 19.8 Å². The van der Waals surface area contributed by atoms with E-state index in [-0.39, 0.29) is 12.3 Å². The van der Waals surface area contributed by atoms with Gasteiger partial charge >= 0.3 is 5.97 Å². The van der Waals surface area contributed by atoms with Gasteiger partial charge in [-0.25, -0.2) is 0 Å². The van der Waals surface area contributed by atoms with Gasteiger partial charge in [0.2, 0.25) is 0 Å². The third-order valence-corrected chi connectivity index (χ3v) is 4.48. The van der Waals surface area contributed by atoms with Crippen molar-refractivity contribution < 1.29 is 19.1 Å². The van der Waals surface area contributed by atoms with Crippen LogP contribution in [-0.2, 0) is 14.3 Å². The lowest BCUT2D eigenvalue weighted by molar-refractivity contribution is -0.153. The van der Waals surface area contributed by atoms with Gasteiger partial charge in [0, 0.05) is 17.7 Å². The summed E-state index contributed by atoms with van der Waals surface area (Å²) in [4.78, 5) is 24.6. The zero-order chi connectivity index (χ0) is 21.2. The number of para-hydroxylation sites is 2. The average molecular weight is 403 g/mol. The number of rotatable bonds is 9. The van der Waals surface area contributed by atoms with Crippen LogP contribution in [0.5, 0.6) is 5.75 Å². The summed E-state index contributed by atoms with van der Waals surface area (Å²) >= 11 is 0. The van der Waals surface area contributed by atoms with E-state index in [1.165, 1.54) is 0 Å². The number of hydrogen-bond acceptors (Lipinski definition) is 4. The molecule has 3 rings (SSSR count). The van der Waals surface area contributed by atoms with Crippen molar-refractivity contribution >= 4 is 17.6 Å². The Balaban J connectivity index is 1.47. The minimum atomic E-state index is -0.892. The summed E-state index contributed by atoms with van der Waals surface area (Å²) < 4.78 is 10.8. The summed E-state index contributed by atoms with van der Waals surface area (Å²) in [7, 11) is 0. The number of hydrogen-bond donors (Lipinski definition) is 1. The van der Waals surface area contributed by atoms with Crippen molar-refractivity contribution in [1.82, 2.24) is 0 Å². The number of anilines is 1. The molecule has 0 aliphatic heterocycles. The van der Waals surface area contributed by atoms with E-state index < -0.39 is 12.1 Å². The SMILES string of the molecule is C[C@@H](OC(=O)CCCOc1ccccc1)C(=O)Nc1ccccc1-c1ccccc1. The molecule has 0 aliphatic carbocycles. The molecule has 30 heavy (non-hydrogen) atoms. The quantitative estimate of drug-likeness (QED) is 0.400. The number of esters is 1. The molecular formula is C25H25NO4. The molecule has 0 bridgehead atoms. The fraction of sp³-hybridized carbons (Fsp3) is 0.200. The smallest absolute Gasteiger partial charge is 0.306 e. The van der Waals surface area contributed by atoms with Crippen LogP contribution in [0.15, 0.2) is 84.9 Å². The van der Waals surface area contributed by atoms with Gasteiger partial charge in [0.1, 0.15) is 5.75 Å². The first-order valence-electron chi connectivity index (χ1n) is 9.96. The second-order valence-corrected chi connectivity index (χ2v) is 6.80. The van der Waals surface area contributed by atoms with Crippen LogP contribution in [0.3, 0.4) is 0 Å². The van der Waals surface area contributed by atoms with Gasteiger partial charge in [0.25, 0.3) is 5.91 Å². The van der Waals surface area contributed by atoms with Crippen molar-refractivity contribution in [2.45, 2.75) is 25.9 Å². The summed E-state index contributed by atoms with van der Waals surface area (Å²) in [6.45, 7) is 1.98. The minimum Gasteiger partial charge on any atom is -0.494 e. The summed E-state index contributed by atoms with van der Waals surface area (Å²) in [5, 5.41) is 2.86. The van der Waals surface area contributed by atoms with Crippen LogP contribution in [-0.4, -0.2) is 24.6 Å². The van der Waals surface area contributed by atoms with E-state index in [4.69, 9.17) is 9.47 Å². The lowest BCUT2D eigenvalue weighted by atomic mass is 10.0. The molecule has 5 heteroatoms. The minimum absolute atomic E-state index is 0.186. The van der Waals surface area contributed by atoms with Crippen LogP contribution < -0.4 is 10.1 Å². The van der Waals surface area contributed by atoms with Crippen LogP contribution >= 0.6 is 0 Å². The molecule has 1 N–H and O–H groups in total. The van der Waals surface area contributed by atoms with Gasteiger partial charge in [-0.05, 0) is 37.1 Å². The average Bonchev–Trinajstić information content (AvgIpc) is 2.78. The molecule has 0 radical (unpaired) electrons.